The van der Waals surface area contributed by atoms with E-state index < -0.39 is 6.04 Å². The van der Waals surface area contributed by atoms with E-state index in [1.54, 1.807) is 10.7 Å². The summed E-state index contributed by atoms with van der Waals surface area (Å²) in [5.74, 6) is 0.530. The Morgan fingerprint density at radius 2 is 2.08 bits per heavy atom. The molecule has 124 valence electrons. The zero-order valence-electron chi connectivity index (χ0n) is 13.4. The molecule has 0 saturated carbocycles. The maximum Gasteiger partial charge on any atom is 0.226 e. The van der Waals surface area contributed by atoms with E-state index in [0.29, 0.717) is 12.4 Å². The van der Waals surface area contributed by atoms with E-state index in [1.165, 1.54) is 6.33 Å². The van der Waals surface area contributed by atoms with Gasteiger partial charge in [0.2, 0.25) is 5.95 Å². The lowest BCUT2D eigenvalue weighted by molar-refractivity contribution is -0.123. The van der Waals surface area contributed by atoms with Crippen LogP contribution in [0.3, 0.4) is 0 Å². The number of hydrogen-bond donors (Lipinski definition) is 2. The van der Waals surface area contributed by atoms with Crippen LogP contribution in [0.25, 0.3) is 10.8 Å². The standard InChI is InChI=1S/C19H16N4O2/c24-14-7-3-6-13-17(14)18(23-19(22-13)20-10-21-23)16-12-5-2-1-4-11(12)8-9-15(16)25/h1-2,4-6,8-10,17-18,25H,3,7H2,(H,20,21,22)/t17-,18-/m0/s1. The molecule has 2 heterocycles. The van der Waals surface area contributed by atoms with Crippen LogP contribution in [0.2, 0.25) is 0 Å². The largest absolute Gasteiger partial charge is 0.508 e. The predicted octanol–water partition coefficient (Wildman–Crippen LogP) is 3.01. The lowest BCUT2D eigenvalue weighted by Crippen LogP contribution is -2.38. The van der Waals surface area contributed by atoms with Crippen LogP contribution in [0.15, 0.2) is 54.5 Å². The van der Waals surface area contributed by atoms with Gasteiger partial charge in [-0.1, -0.05) is 36.4 Å². The summed E-state index contributed by atoms with van der Waals surface area (Å²) in [4.78, 5) is 17.0. The van der Waals surface area contributed by atoms with E-state index in [9.17, 15) is 9.90 Å². The third-order valence-electron chi connectivity index (χ3n) is 5.09. The number of benzene rings is 2. The van der Waals surface area contributed by atoms with Crippen LogP contribution < -0.4 is 5.32 Å². The zero-order valence-corrected chi connectivity index (χ0v) is 13.4. The number of phenolic OH excluding ortho intramolecular Hbond substituents is 1. The second-order valence-electron chi connectivity index (χ2n) is 6.46. The Morgan fingerprint density at radius 3 is 3.00 bits per heavy atom. The molecule has 6 nitrogen and oxygen atoms in total. The highest BCUT2D eigenvalue weighted by molar-refractivity contribution is 5.92. The number of ketones is 1. The molecule has 1 aliphatic carbocycles. The lowest BCUT2D eigenvalue weighted by atomic mass is 9.79. The lowest BCUT2D eigenvalue weighted by Gasteiger charge is -2.36. The first-order valence-corrected chi connectivity index (χ1v) is 8.34. The molecular formula is C19H16N4O2. The Kier molecular flexibility index (Phi) is 2.94. The average molecular weight is 332 g/mol. The van der Waals surface area contributed by atoms with Crippen molar-refractivity contribution in [2.75, 3.05) is 5.32 Å². The molecule has 25 heavy (non-hydrogen) atoms. The first-order valence-electron chi connectivity index (χ1n) is 8.34. The molecule has 0 fully saturated rings. The predicted molar refractivity (Wildman–Crippen MR) is 93.2 cm³/mol. The summed E-state index contributed by atoms with van der Waals surface area (Å²) in [5, 5.41) is 20.2. The van der Waals surface area contributed by atoms with Crippen LogP contribution in [-0.2, 0) is 4.79 Å². The van der Waals surface area contributed by atoms with Gasteiger partial charge in [-0.3, -0.25) is 4.79 Å². The summed E-state index contributed by atoms with van der Waals surface area (Å²) in [6, 6.07) is 11.0. The summed E-state index contributed by atoms with van der Waals surface area (Å²) < 4.78 is 1.72. The van der Waals surface area contributed by atoms with Crippen molar-refractivity contribution in [1.29, 1.82) is 0 Å². The number of allylic oxidation sites excluding steroid dienone is 2. The number of nitrogens with zero attached hydrogens (tertiary/aromatic N) is 3. The maximum absolute atomic E-state index is 12.8. The molecular weight excluding hydrogens is 316 g/mol. The Balaban J connectivity index is 1.83. The highest BCUT2D eigenvalue weighted by Gasteiger charge is 2.42. The van der Waals surface area contributed by atoms with Crippen molar-refractivity contribution in [3.05, 3.63) is 60.1 Å². The second-order valence-corrected chi connectivity index (χ2v) is 6.46. The molecule has 5 rings (SSSR count). The minimum atomic E-state index is -0.413. The van der Waals surface area contributed by atoms with Crippen molar-refractivity contribution in [3.8, 4) is 5.75 Å². The van der Waals surface area contributed by atoms with Crippen molar-refractivity contribution in [2.24, 2.45) is 5.92 Å². The number of phenols is 1. The summed E-state index contributed by atoms with van der Waals surface area (Å²) >= 11 is 0. The first-order chi connectivity index (χ1) is 12.2. The summed E-state index contributed by atoms with van der Waals surface area (Å²) in [5.41, 5.74) is 1.58. The Bertz CT molecular complexity index is 1040. The van der Waals surface area contributed by atoms with Crippen LogP contribution in [0.5, 0.6) is 5.75 Å². The smallest absolute Gasteiger partial charge is 0.226 e. The molecule has 0 spiro atoms. The van der Waals surface area contributed by atoms with E-state index in [-0.39, 0.29) is 17.5 Å². The van der Waals surface area contributed by atoms with Gasteiger partial charge in [-0.25, -0.2) is 4.68 Å². The monoisotopic (exact) mass is 332 g/mol. The summed E-state index contributed by atoms with van der Waals surface area (Å²) in [6.45, 7) is 0. The number of Topliss-reactive ketones (excluding diaryl/α,β-unsaturated/α-hetero) is 1. The zero-order chi connectivity index (χ0) is 17.0. The molecule has 1 aliphatic heterocycles. The van der Waals surface area contributed by atoms with Crippen LogP contribution in [0, 0.1) is 5.92 Å². The topological polar surface area (TPSA) is 80.0 Å². The third-order valence-corrected chi connectivity index (χ3v) is 5.09. The number of anilines is 1. The number of rotatable bonds is 1. The molecule has 0 bridgehead atoms. The minimum Gasteiger partial charge on any atom is -0.508 e. The fourth-order valence-electron chi connectivity index (χ4n) is 4.00. The van der Waals surface area contributed by atoms with Crippen LogP contribution >= 0.6 is 0 Å². The van der Waals surface area contributed by atoms with Gasteiger partial charge in [-0.2, -0.15) is 10.1 Å². The van der Waals surface area contributed by atoms with Gasteiger partial charge >= 0.3 is 0 Å². The van der Waals surface area contributed by atoms with Crippen LogP contribution in [0.4, 0.5) is 5.95 Å². The molecule has 0 amide bonds. The number of carbonyl (C=O) groups excluding carboxylic acids is 1. The number of carbonyl (C=O) groups is 1. The Morgan fingerprint density at radius 1 is 1.20 bits per heavy atom. The molecule has 0 unspecified atom stereocenters. The quantitative estimate of drug-likeness (QED) is 0.716. The van der Waals surface area contributed by atoms with Crippen molar-refractivity contribution in [1.82, 2.24) is 14.8 Å². The number of fused-ring (bicyclic) bond motifs is 3. The molecule has 0 radical (unpaired) electrons. The van der Waals surface area contributed by atoms with E-state index in [1.807, 2.05) is 30.3 Å². The van der Waals surface area contributed by atoms with Gasteiger partial charge < -0.3 is 10.4 Å². The molecule has 1 aromatic heterocycles. The second kappa shape index (κ2) is 5.17. The molecule has 2 aromatic carbocycles. The fourth-order valence-corrected chi connectivity index (χ4v) is 4.00. The minimum absolute atomic E-state index is 0.156. The highest BCUT2D eigenvalue weighted by atomic mass is 16.3. The third kappa shape index (κ3) is 2.00. The Labute approximate surface area is 143 Å². The normalized spacial score (nSPS) is 22.1. The highest BCUT2D eigenvalue weighted by Crippen LogP contribution is 2.45. The Hall–Kier alpha value is -3.15. The van der Waals surface area contributed by atoms with E-state index in [4.69, 9.17) is 0 Å². The van der Waals surface area contributed by atoms with Gasteiger partial charge in [-0.05, 0) is 23.3 Å². The average Bonchev–Trinajstić information content (AvgIpc) is 3.09. The molecule has 2 aliphatic rings. The van der Waals surface area contributed by atoms with Gasteiger partial charge in [0.25, 0.3) is 0 Å². The molecule has 3 aromatic rings. The van der Waals surface area contributed by atoms with Crippen molar-refractivity contribution in [3.63, 3.8) is 0 Å². The summed E-state index contributed by atoms with van der Waals surface area (Å²) in [7, 11) is 0. The van der Waals surface area contributed by atoms with Gasteiger partial charge in [0.15, 0.2) is 0 Å². The van der Waals surface area contributed by atoms with Crippen LogP contribution in [-0.4, -0.2) is 25.7 Å². The summed E-state index contributed by atoms with van der Waals surface area (Å²) in [6.07, 6.45) is 4.75. The first kappa shape index (κ1) is 14.2. The molecule has 6 heteroatoms. The number of nitrogens with one attached hydrogen (secondary N) is 1. The fraction of sp³-hybridized carbons (Fsp3) is 0.211. The molecule has 2 N–H and O–H groups in total. The molecule has 2 atom stereocenters. The van der Waals surface area contributed by atoms with Crippen molar-refractivity contribution < 1.29 is 9.90 Å². The van der Waals surface area contributed by atoms with Gasteiger partial charge in [0.1, 0.15) is 23.9 Å². The van der Waals surface area contributed by atoms with Gasteiger partial charge in [0, 0.05) is 17.7 Å². The SMILES string of the molecule is O=C1CCC=C2Nc3ncnn3[C@@H](c3c(O)ccc4ccccc34)[C@H]12. The molecule has 0 saturated heterocycles. The van der Waals surface area contributed by atoms with Crippen molar-refractivity contribution >= 4 is 22.5 Å². The van der Waals surface area contributed by atoms with Crippen LogP contribution in [0.1, 0.15) is 24.4 Å². The number of aromatic nitrogens is 3. The van der Waals surface area contributed by atoms with Gasteiger partial charge in [-0.15, -0.1) is 0 Å². The van der Waals surface area contributed by atoms with E-state index in [2.05, 4.69) is 21.5 Å². The van der Waals surface area contributed by atoms with Crippen molar-refractivity contribution in [2.45, 2.75) is 18.9 Å². The number of aromatic hydroxyl groups is 1. The van der Waals surface area contributed by atoms with E-state index in [0.717, 1.165) is 28.5 Å². The van der Waals surface area contributed by atoms with E-state index >= 15 is 0 Å². The number of hydrogen-bond acceptors (Lipinski definition) is 5. The van der Waals surface area contributed by atoms with Gasteiger partial charge in [0.05, 0.1) is 5.92 Å². The maximum atomic E-state index is 12.8.